The first kappa shape index (κ1) is 20.5. The van der Waals surface area contributed by atoms with Gasteiger partial charge in [-0.15, -0.1) is 0 Å². The highest BCUT2D eigenvalue weighted by Gasteiger charge is 2.36. The minimum Gasteiger partial charge on any atom is -0.454 e. The number of carbonyl (C=O) groups is 1. The Labute approximate surface area is 196 Å². The Hall–Kier alpha value is -4.05. The van der Waals surface area contributed by atoms with Crippen molar-refractivity contribution < 1.29 is 32.5 Å². The number of amidine groups is 1. The van der Waals surface area contributed by atoms with Gasteiger partial charge in [0.25, 0.3) is 5.91 Å². The highest BCUT2D eigenvalue weighted by molar-refractivity contribution is 8.19. The van der Waals surface area contributed by atoms with Gasteiger partial charge in [0, 0.05) is 23.8 Å². The molecule has 3 aliphatic heterocycles. The van der Waals surface area contributed by atoms with Crippen LogP contribution in [0.4, 0.5) is 20.2 Å². The Balaban J connectivity index is 1.43. The highest BCUT2D eigenvalue weighted by atomic mass is 32.2. The van der Waals surface area contributed by atoms with Crippen molar-refractivity contribution in [3.05, 3.63) is 76.7 Å². The molecule has 1 fully saturated rings. The van der Waals surface area contributed by atoms with Gasteiger partial charge in [-0.3, -0.25) is 9.69 Å². The zero-order valence-corrected chi connectivity index (χ0v) is 18.1. The molecule has 0 atom stereocenters. The molecule has 7 nitrogen and oxygen atoms in total. The van der Waals surface area contributed by atoms with Crippen LogP contribution in [-0.2, 0) is 4.79 Å². The number of aliphatic imine (C=N–C) groups is 1. The summed E-state index contributed by atoms with van der Waals surface area (Å²) in [7, 11) is 0. The maximum atomic E-state index is 14.3. The van der Waals surface area contributed by atoms with Gasteiger partial charge in [-0.2, -0.15) is 0 Å². The topological polar surface area (TPSA) is 69.6 Å². The summed E-state index contributed by atoms with van der Waals surface area (Å²) in [6.45, 7) is 0.219. The molecular weight excluding hydrogens is 466 g/mol. The highest BCUT2D eigenvalue weighted by Crippen LogP contribution is 2.42. The molecule has 3 heterocycles. The number of fused-ring (bicyclic) bond motifs is 2. The lowest BCUT2D eigenvalue weighted by Gasteiger charge is -2.16. The third-order valence-electron chi connectivity index (χ3n) is 5.25. The molecule has 0 saturated carbocycles. The SMILES string of the molecule is O=C1/C(=C\c2ccc(F)cc2F)SC(=Nc2ccc3c(c2)OCO3)N1c1ccc2c(c1)OCO2. The summed E-state index contributed by atoms with van der Waals surface area (Å²) in [5.74, 6) is 0.358. The van der Waals surface area contributed by atoms with E-state index in [1.165, 1.54) is 17.0 Å². The van der Waals surface area contributed by atoms with Gasteiger partial charge in [-0.1, -0.05) is 0 Å². The lowest BCUT2D eigenvalue weighted by Crippen LogP contribution is -2.28. The summed E-state index contributed by atoms with van der Waals surface area (Å²) in [6.07, 6.45) is 1.38. The summed E-state index contributed by atoms with van der Waals surface area (Å²) in [4.78, 5) is 19.7. The molecule has 0 radical (unpaired) electrons. The molecule has 3 aliphatic rings. The molecule has 34 heavy (non-hydrogen) atoms. The van der Waals surface area contributed by atoms with E-state index in [-0.39, 0.29) is 24.1 Å². The molecule has 3 aromatic carbocycles. The van der Waals surface area contributed by atoms with Crippen LogP contribution in [0.2, 0.25) is 0 Å². The fraction of sp³-hybridized carbons (Fsp3) is 0.0833. The second-order valence-electron chi connectivity index (χ2n) is 7.39. The van der Waals surface area contributed by atoms with E-state index in [4.69, 9.17) is 18.9 Å². The predicted molar refractivity (Wildman–Crippen MR) is 122 cm³/mol. The van der Waals surface area contributed by atoms with E-state index in [0.717, 1.165) is 23.9 Å². The van der Waals surface area contributed by atoms with Crippen molar-refractivity contribution in [1.82, 2.24) is 0 Å². The number of thioether (sulfide) groups is 1. The molecular formula is C24H14F2N2O5S. The van der Waals surface area contributed by atoms with Crippen molar-refractivity contribution in [2.45, 2.75) is 0 Å². The first-order valence-corrected chi connectivity index (χ1v) is 10.9. The number of nitrogens with zero attached hydrogens (tertiary/aromatic N) is 2. The zero-order valence-electron chi connectivity index (χ0n) is 17.3. The molecule has 0 spiro atoms. The summed E-state index contributed by atoms with van der Waals surface area (Å²) >= 11 is 1.07. The van der Waals surface area contributed by atoms with Crippen LogP contribution in [-0.4, -0.2) is 24.7 Å². The third-order valence-corrected chi connectivity index (χ3v) is 6.22. The Morgan fingerprint density at radius 1 is 0.853 bits per heavy atom. The minimum absolute atomic E-state index is 0.0900. The monoisotopic (exact) mass is 480 g/mol. The second-order valence-corrected chi connectivity index (χ2v) is 8.40. The maximum Gasteiger partial charge on any atom is 0.271 e. The van der Waals surface area contributed by atoms with Crippen LogP contribution in [0.15, 0.2) is 64.5 Å². The van der Waals surface area contributed by atoms with Gasteiger partial charge >= 0.3 is 0 Å². The molecule has 0 bridgehead atoms. The van der Waals surface area contributed by atoms with Gasteiger partial charge in [0.1, 0.15) is 11.6 Å². The van der Waals surface area contributed by atoms with Gasteiger partial charge in [-0.05, 0) is 54.2 Å². The fourth-order valence-electron chi connectivity index (χ4n) is 3.63. The van der Waals surface area contributed by atoms with Crippen molar-refractivity contribution in [1.29, 1.82) is 0 Å². The first-order chi connectivity index (χ1) is 16.5. The van der Waals surface area contributed by atoms with E-state index in [2.05, 4.69) is 4.99 Å². The molecule has 0 aromatic heterocycles. The number of ether oxygens (including phenoxy) is 4. The number of amides is 1. The normalized spacial score (nSPS) is 18.4. The van der Waals surface area contributed by atoms with Crippen molar-refractivity contribution in [3.63, 3.8) is 0 Å². The average molecular weight is 480 g/mol. The van der Waals surface area contributed by atoms with Crippen molar-refractivity contribution in [2.24, 2.45) is 4.99 Å². The van der Waals surface area contributed by atoms with Crippen LogP contribution in [0.3, 0.4) is 0 Å². The lowest BCUT2D eigenvalue weighted by molar-refractivity contribution is -0.113. The van der Waals surface area contributed by atoms with Gasteiger partial charge < -0.3 is 18.9 Å². The third kappa shape index (κ3) is 3.61. The smallest absolute Gasteiger partial charge is 0.271 e. The fourth-order valence-corrected chi connectivity index (χ4v) is 4.62. The van der Waals surface area contributed by atoms with Crippen LogP contribution in [0.25, 0.3) is 6.08 Å². The van der Waals surface area contributed by atoms with Crippen molar-refractivity contribution >= 4 is 40.3 Å². The van der Waals surface area contributed by atoms with Crippen molar-refractivity contribution in [2.75, 3.05) is 18.5 Å². The number of anilines is 1. The number of halogens is 2. The van der Waals surface area contributed by atoms with E-state index < -0.39 is 17.5 Å². The number of hydrogen-bond acceptors (Lipinski definition) is 7. The van der Waals surface area contributed by atoms with E-state index in [9.17, 15) is 13.6 Å². The predicted octanol–water partition coefficient (Wildman–Crippen LogP) is 5.23. The summed E-state index contributed by atoms with van der Waals surface area (Å²) in [6, 6.07) is 13.5. The number of rotatable bonds is 3. The Kier molecular flexibility index (Phi) is 4.88. The largest absolute Gasteiger partial charge is 0.454 e. The number of carbonyl (C=O) groups excluding carboxylic acids is 1. The van der Waals surface area contributed by atoms with Crippen LogP contribution in [0.5, 0.6) is 23.0 Å². The quantitative estimate of drug-likeness (QED) is 0.478. The van der Waals surface area contributed by atoms with Crippen LogP contribution in [0, 0.1) is 11.6 Å². The molecule has 1 saturated heterocycles. The van der Waals surface area contributed by atoms with Gasteiger partial charge in [0.05, 0.1) is 16.3 Å². The Bertz CT molecular complexity index is 1410. The maximum absolute atomic E-state index is 14.3. The Morgan fingerprint density at radius 3 is 2.32 bits per heavy atom. The van der Waals surface area contributed by atoms with E-state index >= 15 is 0 Å². The van der Waals surface area contributed by atoms with E-state index in [1.807, 2.05) is 0 Å². The summed E-state index contributed by atoms with van der Waals surface area (Å²) in [5, 5.41) is 0.344. The minimum atomic E-state index is -0.767. The average Bonchev–Trinajstić information content (AvgIpc) is 3.54. The van der Waals surface area contributed by atoms with E-state index in [1.54, 1.807) is 36.4 Å². The standard InChI is InChI=1S/C24H14F2N2O5S/c25-14-2-1-13(17(26)8-14)7-22-23(29)28(16-4-6-19-21(10-16)33-12-31-19)24(34-22)27-15-3-5-18-20(9-15)32-11-30-18/h1-10H,11-12H2/b22-7+,27-24?. The molecule has 0 unspecified atom stereocenters. The van der Waals surface area contributed by atoms with Gasteiger partial charge in [-0.25, -0.2) is 13.8 Å². The molecule has 6 rings (SSSR count). The first-order valence-electron chi connectivity index (χ1n) is 10.1. The molecule has 0 aliphatic carbocycles. The molecule has 10 heteroatoms. The number of hydrogen-bond donors (Lipinski definition) is 0. The Morgan fingerprint density at radius 2 is 1.56 bits per heavy atom. The molecule has 0 N–H and O–H groups in total. The molecule has 3 aromatic rings. The van der Waals surface area contributed by atoms with Crippen LogP contribution >= 0.6 is 11.8 Å². The van der Waals surface area contributed by atoms with Crippen molar-refractivity contribution in [3.8, 4) is 23.0 Å². The zero-order chi connectivity index (χ0) is 23.2. The van der Waals surface area contributed by atoms with Crippen LogP contribution < -0.4 is 23.8 Å². The number of benzene rings is 3. The molecule has 170 valence electrons. The van der Waals surface area contributed by atoms with E-state index in [0.29, 0.717) is 39.5 Å². The van der Waals surface area contributed by atoms with Crippen LogP contribution in [0.1, 0.15) is 5.56 Å². The lowest BCUT2D eigenvalue weighted by atomic mass is 10.2. The summed E-state index contributed by atoms with van der Waals surface area (Å²) in [5.41, 5.74) is 1.14. The van der Waals surface area contributed by atoms with Gasteiger partial charge in [0.2, 0.25) is 13.6 Å². The second kappa shape index (κ2) is 8.07. The summed E-state index contributed by atoms with van der Waals surface area (Å²) < 4.78 is 49.2. The molecule has 1 amide bonds. The van der Waals surface area contributed by atoms with Gasteiger partial charge in [0.15, 0.2) is 28.2 Å².